The standard InChI is InChI=1S/C15H13NO4/c1-7(2)12(17)19-5-9-10-11-14(6-16,13(18)20-10)3-8-4-15(8,9)11/h3,9-11H,1,4-5H2,2H3. The molecule has 0 N–H and O–H groups in total. The lowest BCUT2D eigenvalue weighted by Crippen LogP contribution is -2.55. The van der Waals surface area contributed by atoms with Crippen molar-refractivity contribution in [2.24, 2.45) is 22.7 Å². The highest BCUT2D eigenvalue weighted by atomic mass is 16.6. The summed E-state index contributed by atoms with van der Waals surface area (Å²) in [6, 6.07) is 2.14. The highest BCUT2D eigenvalue weighted by Crippen LogP contribution is 2.82. The third kappa shape index (κ3) is 0.985. The van der Waals surface area contributed by atoms with Gasteiger partial charge in [0.05, 0.1) is 12.7 Å². The van der Waals surface area contributed by atoms with Gasteiger partial charge in [0.2, 0.25) is 0 Å². The minimum atomic E-state index is -1.08. The first-order valence-corrected chi connectivity index (χ1v) is 6.64. The van der Waals surface area contributed by atoms with Crippen molar-refractivity contribution in [2.45, 2.75) is 19.4 Å². The number of allylic oxidation sites excluding steroid dienone is 1. The van der Waals surface area contributed by atoms with Crippen molar-refractivity contribution in [1.29, 1.82) is 5.26 Å². The molecule has 20 heavy (non-hydrogen) atoms. The zero-order valence-corrected chi connectivity index (χ0v) is 11.0. The second-order valence-corrected chi connectivity index (χ2v) is 6.20. The Bertz CT molecular complexity index is 657. The van der Waals surface area contributed by atoms with Crippen molar-refractivity contribution in [1.82, 2.24) is 0 Å². The van der Waals surface area contributed by atoms with Crippen molar-refractivity contribution in [3.63, 3.8) is 0 Å². The summed E-state index contributed by atoms with van der Waals surface area (Å²) in [5.41, 5.74) is 0.314. The van der Waals surface area contributed by atoms with E-state index >= 15 is 0 Å². The molecular formula is C15H13NO4. The number of carbonyl (C=O) groups is 2. The maximum Gasteiger partial charge on any atom is 0.333 e. The first kappa shape index (κ1) is 11.7. The molecule has 1 heterocycles. The Labute approximate surface area is 115 Å². The molecule has 5 heteroatoms. The topological polar surface area (TPSA) is 76.4 Å². The molecule has 5 nitrogen and oxygen atoms in total. The fourth-order valence-electron chi connectivity index (χ4n) is 4.33. The number of nitrogens with zero attached hydrogens (tertiary/aromatic N) is 1. The van der Waals surface area contributed by atoms with Crippen LogP contribution in [-0.4, -0.2) is 24.6 Å². The lowest BCUT2D eigenvalue weighted by molar-refractivity contribution is -0.161. The Kier molecular flexibility index (Phi) is 1.84. The number of rotatable bonds is 3. The molecule has 2 saturated carbocycles. The molecule has 0 aromatic heterocycles. The van der Waals surface area contributed by atoms with Gasteiger partial charge in [0.25, 0.3) is 0 Å². The van der Waals surface area contributed by atoms with Gasteiger partial charge < -0.3 is 9.47 Å². The van der Waals surface area contributed by atoms with Crippen LogP contribution in [0.1, 0.15) is 13.3 Å². The highest BCUT2D eigenvalue weighted by molar-refractivity contribution is 5.90. The lowest BCUT2D eigenvalue weighted by atomic mass is 9.54. The summed E-state index contributed by atoms with van der Waals surface area (Å²) < 4.78 is 10.6. The summed E-state index contributed by atoms with van der Waals surface area (Å²) in [5.74, 6) is -0.951. The van der Waals surface area contributed by atoms with Crippen molar-refractivity contribution < 1.29 is 19.1 Å². The second kappa shape index (κ2) is 3.14. The summed E-state index contributed by atoms with van der Waals surface area (Å²) in [7, 11) is 0. The van der Waals surface area contributed by atoms with E-state index in [0.717, 1.165) is 12.0 Å². The van der Waals surface area contributed by atoms with Gasteiger partial charge in [-0.05, 0) is 13.3 Å². The molecule has 5 atom stereocenters. The molecule has 0 aromatic rings. The van der Waals surface area contributed by atoms with Gasteiger partial charge in [-0.3, -0.25) is 0 Å². The summed E-state index contributed by atoms with van der Waals surface area (Å²) in [5, 5.41) is 9.36. The Morgan fingerprint density at radius 2 is 2.45 bits per heavy atom. The average Bonchev–Trinajstić information content (AvgIpc) is 2.97. The number of hydrogen-bond donors (Lipinski definition) is 0. The highest BCUT2D eigenvalue weighted by Gasteiger charge is 2.86. The van der Waals surface area contributed by atoms with Crippen molar-refractivity contribution in [3.8, 4) is 6.07 Å². The molecule has 102 valence electrons. The minimum absolute atomic E-state index is 0.0104. The molecule has 1 aliphatic heterocycles. The van der Waals surface area contributed by atoms with E-state index < -0.39 is 17.4 Å². The third-order valence-electron chi connectivity index (χ3n) is 5.30. The SMILES string of the molecule is C=C(C)C(=O)OCC1C2OC(=O)C3(C#N)C=C4CC41C23. The van der Waals surface area contributed by atoms with Gasteiger partial charge in [0, 0.05) is 22.8 Å². The van der Waals surface area contributed by atoms with Crippen LogP contribution in [0.3, 0.4) is 0 Å². The van der Waals surface area contributed by atoms with Crippen LogP contribution in [0, 0.1) is 34.0 Å². The van der Waals surface area contributed by atoms with E-state index in [4.69, 9.17) is 9.47 Å². The molecule has 0 bridgehead atoms. The van der Waals surface area contributed by atoms with Crippen LogP contribution in [-0.2, 0) is 19.1 Å². The first-order chi connectivity index (χ1) is 9.47. The maximum atomic E-state index is 12.0. The molecule has 3 fully saturated rings. The Morgan fingerprint density at radius 1 is 1.70 bits per heavy atom. The smallest absolute Gasteiger partial charge is 0.333 e. The van der Waals surface area contributed by atoms with Gasteiger partial charge in [-0.2, -0.15) is 5.26 Å². The minimum Gasteiger partial charge on any atom is -0.462 e. The van der Waals surface area contributed by atoms with Crippen molar-refractivity contribution in [2.75, 3.05) is 6.61 Å². The molecule has 5 unspecified atom stereocenters. The average molecular weight is 271 g/mol. The first-order valence-electron chi connectivity index (χ1n) is 6.64. The summed E-state index contributed by atoms with van der Waals surface area (Å²) in [6.07, 6.45) is 2.39. The number of carbonyl (C=O) groups excluding carboxylic acids is 2. The van der Waals surface area contributed by atoms with E-state index in [1.54, 1.807) is 13.0 Å². The summed E-state index contributed by atoms with van der Waals surface area (Å²) in [4.78, 5) is 23.5. The molecule has 3 aliphatic carbocycles. The van der Waals surface area contributed by atoms with E-state index in [2.05, 4.69) is 12.6 Å². The van der Waals surface area contributed by atoms with Crippen LogP contribution < -0.4 is 0 Å². The lowest BCUT2D eigenvalue weighted by Gasteiger charge is -2.47. The van der Waals surface area contributed by atoms with E-state index in [9.17, 15) is 14.9 Å². The molecule has 4 rings (SSSR count). The Hall–Kier alpha value is -2.09. The van der Waals surface area contributed by atoms with Crippen LogP contribution in [0.15, 0.2) is 23.8 Å². The van der Waals surface area contributed by atoms with Crippen LogP contribution >= 0.6 is 0 Å². The van der Waals surface area contributed by atoms with Gasteiger partial charge in [-0.25, -0.2) is 9.59 Å². The number of ether oxygens (including phenoxy) is 2. The van der Waals surface area contributed by atoms with E-state index in [1.165, 1.54) is 0 Å². The van der Waals surface area contributed by atoms with Crippen LogP contribution in [0.2, 0.25) is 0 Å². The molecule has 1 spiro atoms. The van der Waals surface area contributed by atoms with Gasteiger partial charge in [-0.1, -0.05) is 18.2 Å². The van der Waals surface area contributed by atoms with Crippen LogP contribution in [0.5, 0.6) is 0 Å². The monoisotopic (exact) mass is 271 g/mol. The molecule has 4 aliphatic rings. The van der Waals surface area contributed by atoms with Crippen molar-refractivity contribution in [3.05, 3.63) is 23.8 Å². The van der Waals surface area contributed by atoms with E-state index in [1.807, 2.05) is 0 Å². The van der Waals surface area contributed by atoms with Gasteiger partial charge >= 0.3 is 11.9 Å². The molecular weight excluding hydrogens is 258 g/mol. The quantitative estimate of drug-likeness (QED) is 0.436. The van der Waals surface area contributed by atoms with Gasteiger partial charge in [-0.15, -0.1) is 0 Å². The fourth-order valence-corrected chi connectivity index (χ4v) is 4.33. The zero-order chi connectivity index (χ0) is 14.3. The predicted octanol–water partition coefficient (Wildman–Crippen LogP) is 1.12. The van der Waals surface area contributed by atoms with Gasteiger partial charge in [0.15, 0.2) is 5.41 Å². The number of nitriles is 1. The van der Waals surface area contributed by atoms with E-state index in [-0.39, 0.29) is 30.0 Å². The summed E-state index contributed by atoms with van der Waals surface area (Å²) in [6.45, 7) is 5.36. The third-order valence-corrected chi connectivity index (χ3v) is 5.30. The predicted molar refractivity (Wildman–Crippen MR) is 65.8 cm³/mol. The largest absolute Gasteiger partial charge is 0.462 e. The number of hydrogen-bond acceptors (Lipinski definition) is 5. The van der Waals surface area contributed by atoms with Crippen LogP contribution in [0.25, 0.3) is 0 Å². The number of esters is 2. The van der Waals surface area contributed by atoms with Gasteiger partial charge in [0.1, 0.15) is 6.10 Å². The fraction of sp³-hybridized carbons (Fsp3) is 0.533. The van der Waals surface area contributed by atoms with E-state index in [0.29, 0.717) is 5.57 Å². The normalized spacial score (nSPS) is 45.3. The molecule has 0 radical (unpaired) electrons. The second-order valence-electron chi connectivity index (χ2n) is 6.20. The Balaban J connectivity index is 1.59. The summed E-state index contributed by atoms with van der Waals surface area (Å²) >= 11 is 0. The van der Waals surface area contributed by atoms with Crippen molar-refractivity contribution >= 4 is 11.9 Å². The molecule has 0 aromatic carbocycles. The molecule has 1 saturated heterocycles. The molecule has 0 amide bonds. The zero-order valence-electron chi connectivity index (χ0n) is 11.0. The maximum absolute atomic E-state index is 12.0. The Morgan fingerprint density at radius 3 is 3.10 bits per heavy atom. The van der Waals surface area contributed by atoms with Crippen LogP contribution in [0.4, 0.5) is 0 Å².